The molecule has 110 valence electrons. The lowest BCUT2D eigenvalue weighted by atomic mass is 10.1. The van der Waals surface area contributed by atoms with Gasteiger partial charge >= 0.3 is 5.82 Å². The Hall–Kier alpha value is -2.64. The van der Waals surface area contributed by atoms with E-state index in [4.69, 9.17) is 0 Å². The van der Waals surface area contributed by atoms with Crippen molar-refractivity contribution in [3.63, 3.8) is 0 Å². The Bertz CT molecular complexity index is 727. The minimum absolute atomic E-state index is 0.0304. The summed E-state index contributed by atoms with van der Waals surface area (Å²) in [6.45, 7) is 2.97. The predicted molar refractivity (Wildman–Crippen MR) is 69.0 cm³/mol. The van der Waals surface area contributed by atoms with Crippen molar-refractivity contribution in [3.05, 3.63) is 57.3 Å². The lowest BCUT2D eigenvalue weighted by molar-refractivity contribution is -0.390. The summed E-state index contributed by atoms with van der Waals surface area (Å²) >= 11 is 0. The summed E-state index contributed by atoms with van der Waals surface area (Å²) in [7, 11) is 0. The molecule has 0 radical (unpaired) electrons. The van der Waals surface area contributed by atoms with Crippen molar-refractivity contribution in [2.45, 2.75) is 19.9 Å². The van der Waals surface area contributed by atoms with Gasteiger partial charge in [0.2, 0.25) is 0 Å². The van der Waals surface area contributed by atoms with Crippen LogP contribution in [0.25, 0.3) is 0 Å². The van der Waals surface area contributed by atoms with Crippen LogP contribution in [0.1, 0.15) is 28.9 Å². The summed E-state index contributed by atoms with van der Waals surface area (Å²) in [6, 6.07) is 1.93. The second-order valence-electron chi connectivity index (χ2n) is 4.54. The van der Waals surface area contributed by atoms with E-state index >= 15 is 0 Å². The number of halogens is 2. The average molecular weight is 295 g/mol. The number of aryl methyl sites for hydroxylation is 1. The van der Waals surface area contributed by atoms with E-state index in [2.05, 4.69) is 5.10 Å². The molecule has 0 saturated heterocycles. The molecule has 1 aromatic heterocycles. The summed E-state index contributed by atoms with van der Waals surface area (Å²) in [6.07, 6.45) is 1.36. The molecule has 1 atom stereocenters. The highest BCUT2D eigenvalue weighted by Gasteiger charge is 2.25. The van der Waals surface area contributed by atoms with E-state index < -0.39 is 28.4 Å². The van der Waals surface area contributed by atoms with Gasteiger partial charge in [-0.2, -0.15) is 4.68 Å². The minimum Gasteiger partial charge on any atom is -0.358 e. The monoisotopic (exact) mass is 295 g/mol. The number of aromatic nitrogens is 2. The fraction of sp³-hybridized carbons (Fsp3) is 0.231. The summed E-state index contributed by atoms with van der Waals surface area (Å²) in [5.74, 6) is -3.05. The van der Waals surface area contributed by atoms with Crippen LogP contribution in [-0.2, 0) is 0 Å². The van der Waals surface area contributed by atoms with Gasteiger partial charge in [0.1, 0.15) is 6.04 Å². The van der Waals surface area contributed by atoms with Gasteiger partial charge in [0, 0.05) is 5.56 Å². The lowest BCUT2D eigenvalue weighted by Gasteiger charge is -2.08. The van der Waals surface area contributed by atoms with Crippen LogP contribution in [0.4, 0.5) is 14.6 Å². The van der Waals surface area contributed by atoms with Crippen LogP contribution in [-0.4, -0.2) is 20.5 Å². The Morgan fingerprint density at radius 2 is 2.05 bits per heavy atom. The van der Waals surface area contributed by atoms with E-state index in [1.807, 2.05) is 0 Å². The van der Waals surface area contributed by atoms with Crippen molar-refractivity contribution in [2.24, 2.45) is 0 Å². The SMILES string of the molecule is Cc1cn(C(C)C(=O)c2ccc(F)c(F)c2)nc1[N+](=O)[O-]. The Morgan fingerprint density at radius 3 is 2.57 bits per heavy atom. The molecule has 0 aliphatic carbocycles. The molecule has 2 rings (SSSR count). The number of hydrogen-bond donors (Lipinski definition) is 0. The topological polar surface area (TPSA) is 78.0 Å². The zero-order valence-corrected chi connectivity index (χ0v) is 11.2. The number of carbonyl (C=O) groups excluding carboxylic acids is 1. The van der Waals surface area contributed by atoms with Crippen molar-refractivity contribution in [2.75, 3.05) is 0 Å². The normalized spacial score (nSPS) is 12.2. The average Bonchev–Trinajstić information content (AvgIpc) is 2.82. The molecule has 0 amide bonds. The zero-order chi connectivity index (χ0) is 15.7. The largest absolute Gasteiger partial charge is 0.392 e. The first-order valence-corrected chi connectivity index (χ1v) is 6.00. The second kappa shape index (κ2) is 5.39. The Balaban J connectivity index is 2.32. The standard InChI is InChI=1S/C13H11F2N3O3/c1-7-6-17(16-13(7)18(20)21)8(2)12(19)9-3-4-10(14)11(15)5-9/h3-6,8H,1-2H3. The van der Waals surface area contributed by atoms with Gasteiger partial charge < -0.3 is 10.1 Å². The van der Waals surface area contributed by atoms with Crippen LogP contribution >= 0.6 is 0 Å². The molecular weight excluding hydrogens is 284 g/mol. The molecule has 0 bridgehead atoms. The third kappa shape index (κ3) is 2.78. The molecule has 8 heteroatoms. The van der Waals surface area contributed by atoms with Gasteiger partial charge in [0.25, 0.3) is 0 Å². The molecule has 1 heterocycles. The van der Waals surface area contributed by atoms with E-state index in [0.29, 0.717) is 5.56 Å². The molecule has 6 nitrogen and oxygen atoms in total. The molecule has 0 aliphatic heterocycles. The van der Waals surface area contributed by atoms with Crippen molar-refractivity contribution in [1.29, 1.82) is 0 Å². The number of nitro groups is 1. The maximum atomic E-state index is 13.1. The highest BCUT2D eigenvalue weighted by atomic mass is 19.2. The summed E-state index contributed by atoms with van der Waals surface area (Å²) in [5.41, 5.74) is 0.280. The smallest absolute Gasteiger partial charge is 0.358 e. The van der Waals surface area contributed by atoms with E-state index in [9.17, 15) is 23.7 Å². The van der Waals surface area contributed by atoms with Crippen molar-refractivity contribution in [3.8, 4) is 0 Å². The molecule has 0 N–H and O–H groups in total. The van der Waals surface area contributed by atoms with Gasteiger partial charge in [-0.15, -0.1) is 0 Å². The molecule has 2 aromatic rings. The van der Waals surface area contributed by atoms with Gasteiger partial charge in [0.15, 0.2) is 17.4 Å². The van der Waals surface area contributed by atoms with Gasteiger partial charge in [-0.05, 0) is 37.0 Å². The van der Waals surface area contributed by atoms with Crippen molar-refractivity contribution in [1.82, 2.24) is 9.78 Å². The van der Waals surface area contributed by atoms with Crippen LogP contribution in [0.2, 0.25) is 0 Å². The molecule has 21 heavy (non-hydrogen) atoms. The van der Waals surface area contributed by atoms with Crippen LogP contribution in [0.3, 0.4) is 0 Å². The fourth-order valence-electron chi connectivity index (χ4n) is 1.86. The van der Waals surface area contributed by atoms with E-state index in [0.717, 1.165) is 22.9 Å². The Morgan fingerprint density at radius 1 is 1.38 bits per heavy atom. The number of rotatable bonds is 4. The van der Waals surface area contributed by atoms with Gasteiger partial charge in [0.05, 0.1) is 16.9 Å². The first kappa shape index (κ1) is 14.8. The number of ketones is 1. The number of hydrogen-bond acceptors (Lipinski definition) is 4. The molecule has 1 unspecified atom stereocenters. The fourth-order valence-corrected chi connectivity index (χ4v) is 1.86. The van der Waals surface area contributed by atoms with Gasteiger partial charge in [-0.25, -0.2) is 8.78 Å². The maximum Gasteiger partial charge on any atom is 0.392 e. The van der Waals surface area contributed by atoms with Crippen LogP contribution < -0.4 is 0 Å². The number of benzene rings is 1. The predicted octanol–water partition coefficient (Wildman–Crippen LogP) is 2.82. The Kier molecular flexibility index (Phi) is 3.79. The zero-order valence-electron chi connectivity index (χ0n) is 11.2. The molecule has 1 aromatic carbocycles. The molecule has 0 aliphatic rings. The molecule has 0 saturated carbocycles. The van der Waals surface area contributed by atoms with Crippen LogP contribution in [0.15, 0.2) is 24.4 Å². The summed E-state index contributed by atoms with van der Waals surface area (Å²) < 4.78 is 27.1. The third-order valence-electron chi connectivity index (χ3n) is 3.04. The number of Topliss-reactive ketones (excluding diaryl/α,β-unsaturated/α-hetero) is 1. The summed E-state index contributed by atoms with van der Waals surface area (Å²) in [4.78, 5) is 22.3. The second-order valence-corrected chi connectivity index (χ2v) is 4.54. The first-order valence-electron chi connectivity index (χ1n) is 6.00. The molecule has 0 spiro atoms. The van der Waals surface area contributed by atoms with Crippen LogP contribution in [0, 0.1) is 28.7 Å². The quantitative estimate of drug-likeness (QED) is 0.493. The van der Waals surface area contributed by atoms with E-state index in [-0.39, 0.29) is 11.4 Å². The van der Waals surface area contributed by atoms with Crippen molar-refractivity contribution >= 4 is 11.6 Å². The molecular formula is C13H11F2N3O3. The number of nitrogens with zero attached hydrogens (tertiary/aromatic N) is 3. The third-order valence-corrected chi connectivity index (χ3v) is 3.04. The first-order chi connectivity index (χ1) is 9.81. The molecule has 0 fully saturated rings. The van der Waals surface area contributed by atoms with Crippen LogP contribution in [0.5, 0.6) is 0 Å². The number of carbonyl (C=O) groups is 1. The van der Waals surface area contributed by atoms with Crippen molar-refractivity contribution < 1.29 is 18.5 Å². The maximum absolute atomic E-state index is 13.1. The highest BCUT2D eigenvalue weighted by molar-refractivity contribution is 5.98. The lowest BCUT2D eigenvalue weighted by Crippen LogP contribution is -2.17. The highest BCUT2D eigenvalue weighted by Crippen LogP contribution is 2.20. The Labute approximate surface area is 118 Å². The van der Waals surface area contributed by atoms with E-state index in [1.165, 1.54) is 20.0 Å². The van der Waals surface area contributed by atoms with E-state index in [1.54, 1.807) is 0 Å². The van der Waals surface area contributed by atoms with Gasteiger partial charge in [-0.1, -0.05) is 0 Å². The minimum atomic E-state index is -1.13. The summed E-state index contributed by atoms with van der Waals surface area (Å²) in [5, 5.41) is 14.5. The van der Waals surface area contributed by atoms with Gasteiger partial charge in [-0.3, -0.25) is 4.79 Å².